The molecule has 3 aromatic rings. The Kier molecular flexibility index (Phi) is 5.18. The summed E-state index contributed by atoms with van der Waals surface area (Å²) in [6.07, 6.45) is 0.651. The second-order valence-corrected chi connectivity index (χ2v) is 7.21. The fraction of sp³-hybridized carbons (Fsp3) is 0.217. The maximum absolute atomic E-state index is 11.0. The molecule has 0 aromatic heterocycles. The van der Waals surface area contributed by atoms with Gasteiger partial charge in [0.2, 0.25) is 0 Å². The average Bonchev–Trinajstić information content (AvgIpc) is 2.78. The van der Waals surface area contributed by atoms with Crippen molar-refractivity contribution < 1.29 is 19.5 Å². The van der Waals surface area contributed by atoms with Crippen molar-refractivity contribution in [2.45, 2.75) is 18.4 Å². The molecule has 0 amide bonds. The Morgan fingerprint density at radius 3 is 2.23 bits per heavy atom. The maximum atomic E-state index is 11.0. The van der Waals surface area contributed by atoms with E-state index in [2.05, 4.69) is 5.32 Å². The first kappa shape index (κ1) is 19.6. The summed E-state index contributed by atoms with van der Waals surface area (Å²) in [6.45, 7) is 0. The quantitative estimate of drug-likeness (QED) is 0.457. The number of nitrogens with zero attached hydrogens (tertiary/aromatic N) is 1. The van der Waals surface area contributed by atoms with Gasteiger partial charge in [-0.1, -0.05) is 12.1 Å². The van der Waals surface area contributed by atoms with Crippen LogP contribution in [0.5, 0.6) is 17.2 Å². The molecule has 0 saturated heterocycles. The highest BCUT2D eigenvalue weighted by atomic mass is 16.6. The van der Waals surface area contributed by atoms with Crippen LogP contribution in [0.3, 0.4) is 0 Å². The molecule has 1 aliphatic rings. The van der Waals surface area contributed by atoms with Gasteiger partial charge in [0.05, 0.1) is 25.2 Å². The molecule has 0 fully saturated rings. The maximum Gasteiger partial charge on any atom is 0.269 e. The van der Waals surface area contributed by atoms with E-state index < -0.39 is 4.92 Å². The number of hydrogen-bond acceptors (Lipinski definition) is 6. The van der Waals surface area contributed by atoms with E-state index in [-0.39, 0.29) is 23.4 Å². The Bertz CT molecular complexity index is 1080. The SMILES string of the molecule is COc1ccc(O)c([C@H]2C[C@@H](c3ccc([N+](=O)[O-])cc3)Nc3ccc(OC)cc32)c1. The Morgan fingerprint density at radius 1 is 0.967 bits per heavy atom. The van der Waals surface area contributed by atoms with E-state index in [9.17, 15) is 15.2 Å². The number of ether oxygens (including phenoxy) is 2. The van der Waals surface area contributed by atoms with Crippen LogP contribution in [0, 0.1) is 10.1 Å². The van der Waals surface area contributed by atoms with Crippen LogP contribution in [0.4, 0.5) is 11.4 Å². The number of fused-ring (bicyclic) bond motifs is 1. The second kappa shape index (κ2) is 7.94. The zero-order valence-corrected chi connectivity index (χ0v) is 16.7. The molecule has 0 bridgehead atoms. The van der Waals surface area contributed by atoms with E-state index in [0.29, 0.717) is 12.2 Å². The van der Waals surface area contributed by atoms with E-state index in [1.54, 1.807) is 38.5 Å². The molecule has 1 aliphatic heterocycles. The van der Waals surface area contributed by atoms with Gasteiger partial charge < -0.3 is 19.9 Å². The van der Waals surface area contributed by atoms with Gasteiger partial charge in [-0.15, -0.1) is 0 Å². The molecular weight excluding hydrogens is 384 g/mol. The van der Waals surface area contributed by atoms with E-state index in [4.69, 9.17) is 9.47 Å². The first-order valence-corrected chi connectivity index (χ1v) is 9.56. The highest BCUT2D eigenvalue weighted by Crippen LogP contribution is 2.47. The molecule has 0 spiro atoms. The predicted molar refractivity (Wildman–Crippen MR) is 114 cm³/mol. The van der Waals surface area contributed by atoms with Gasteiger partial charge in [0.25, 0.3) is 5.69 Å². The van der Waals surface area contributed by atoms with Gasteiger partial charge in [-0.2, -0.15) is 0 Å². The molecule has 2 N–H and O–H groups in total. The molecule has 0 radical (unpaired) electrons. The number of rotatable bonds is 5. The van der Waals surface area contributed by atoms with Crippen LogP contribution in [-0.4, -0.2) is 24.2 Å². The molecule has 0 saturated carbocycles. The lowest BCUT2D eigenvalue weighted by Gasteiger charge is -2.34. The summed E-state index contributed by atoms with van der Waals surface area (Å²) in [6, 6.07) is 17.5. The van der Waals surface area contributed by atoms with Crippen molar-refractivity contribution >= 4 is 11.4 Å². The smallest absolute Gasteiger partial charge is 0.269 e. The predicted octanol–water partition coefficient (Wildman–Crippen LogP) is 5.01. The molecule has 1 heterocycles. The second-order valence-electron chi connectivity index (χ2n) is 7.21. The normalized spacial score (nSPS) is 17.5. The minimum absolute atomic E-state index is 0.0571. The van der Waals surface area contributed by atoms with Crippen molar-refractivity contribution in [1.82, 2.24) is 0 Å². The zero-order chi connectivity index (χ0) is 21.3. The summed E-state index contributed by atoms with van der Waals surface area (Å²) >= 11 is 0. The number of benzene rings is 3. The third-order valence-corrected chi connectivity index (χ3v) is 5.55. The molecular formula is C23H22N2O5. The highest BCUT2D eigenvalue weighted by Gasteiger charge is 2.31. The van der Waals surface area contributed by atoms with Gasteiger partial charge in [0.15, 0.2) is 0 Å². The molecule has 3 aromatic carbocycles. The van der Waals surface area contributed by atoms with E-state index >= 15 is 0 Å². The number of methoxy groups -OCH3 is 2. The van der Waals surface area contributed by atoms with Gasteiger partial charge in [0.1, 0.15) is 17.2 Å². The lowest BCUT2D eigenvalue weighted by Crippen LogP contribution is -2.22. The summed E-state index contributed by atoms with van der Waals surface area (Å²) < 4.78 is 10.8. The first-order chi connectivity index (χ1) is 14.5. The molecule has 154 valence electrons. The molecule has 2 atom stereocenters. The Hall–Kier alpha value is -3.74. The summed E-state index contributed by atoms with van der Waals surface area (Å²) in [4.78, 5) is 10.6. The number of phenols is 1. The average molecular weight is 406 g/mol. The Morgan fingerprint density at radius 2 is 1.60 bits per heavy atom. The van der Waals surface area contributed by atoms with Gasteiger partial charge in [-0.3, -0.25) is 10.1 Å². The number of nitro groups is 1. The van der Waals surface area contributed by atoms with Crippen LogP contribution < -0.4 is 14.8 Å². The van der Waals surface area contributed by atoms with Gasteiger partial charge in [0, 0.05) is 29.3 Å². The zero-order valence-electron chi connectivity index (χ0n) is 16.7. The number of hydrogen-bond donors (Lipinski definition) is 2. The Balaban J connectivity index is 1.79. The fourth-order valence-corrected chi connectivity index (χ4v) is 3.98. The number of phenolic OH excluding ortho intramolecular Hbond substituents is 1. The van der Waals surface area contributed by atoms with Gasteiger partial charge in [-0.05, 0) is 53.9 Å². The summed E-state index contributed by atoms with van der Waals surface area (Å²) in [5.74, 6) is 1.47. The van der Waals surface area contributed by atoms with Gasteiger partial charge >= 0.3 is 0 Å². The van der Waals surface area contributed by atoms with Crippen LogP contribution in [0.15, 0.2) is 60.7 Å². The molecule has 0 unspecified atom stereocenters. The van der Waals surface area contributed by atoms with Crippen LogP contribution in [0.2, 0.25) is 0 Å². The largest absolute Gasteiger partial charge is 0.508 e. The van der Waals surface area contributed by atoms with Crippen LogP contribution in [0.25, 0.3) is 0 Å². The van der Waals surface area contributed by atoms with Crippen molar-refractivity contribution in [2.75, 3.05) is 19.5 Å². The van der Waals surface area contributed by atoms with Crippen molar-refractivity contribution in [3.63, 3.8) is 0 Å². The van der Waals surface area contributed by atoms with E-state index in [1.165, 1.54) is 12.1 Å². The third kappa shape index (κ3) is 3.61. The molecule has 0 aliphatic carbocycles. The lowest BCUT2D eigenvalue weighted by molar-refractivity contribution is -0.384. The summed E-state index contributed by atoms with van der Waals surface area (Å²) in [5, 5.41) is 25.1. The van der Waals surface area contributed by atoms with Crippen LogP contribution in [-0.2, 0) is 0 Å². The monoisotopic (exact) mass is 406 g/mol. The number of aromatic hydroxyl groups is 1. The minimum atomic E-state index is -0.406. The summed E-state index contributed by atoms with van der Waals surface area (Å²) in [7, 11) is 3.21. The molecule has 4 rings (SSSR count). The minimum Gasteiger partial charge on any atom is -0.508 e. The van der Waals surface area contributed by atoms with E-state index in [1.807, 2.05) is 24.3 Å². The lowest BCUT2D eigenvalue weighted by atomic mass is 9.79. The molecule has 30 heavy (non-hydrogen) atoms. The van der Waals surface area contributed by atoms with Crippen molar-refractivity contribution in [1.29, 1.82) is 0 Å². The van der Waals surface area contributed by atoms with Crippen molar-refractivity contribution in [3.05, 3.63) is 87.5 Å². The van der Waals surface area contributed by atoms with Crippen LogP contribution in [0.1, 0.15) is 35.1 Å². The van der Waals surface area contributed by atoms with Crippen LogP contribution >= 0.6 is 0 Å². The third-order valence-electron chi connectivity index (χ3n) is 5.55. The number of anilines is 1. The van der Waals surface area contributed by atoms with Gasteiger partial charge in [-0.25, -0.2) is 0 Å². The Labute approximate surface area is 174 Å². The topological polar surface area (TPSA) is 93.9 Å². The molecule has 7 nitrogen and oxygen atoms in total. The summed E-state index contributed by atoms with van der Waals surface area (Å²) in [5.41, 5.74) is 3.70. The number of nitrogens with one attached hydrogen (secondary N) is 1. The van der Waals surface area contributed by atoms with Crippen molar-refractivity contribution in [3.8, 4) is 17.2 Å². The first-order valence-electron chi connectivity index (χ1n) is 9.56. The number of non-ortho nitro benzene ring substituents is 1. The standard InChI is InChI=1S/C23H22N2O5/c1-29-16-7-9-21-19(11-16)18(20-12-17(30-2)8-10-23(20)26)13-22(24-21)14-3-5-15(6-4-14)25(27)28/h3-12,18,22,24,26H,13H2,1-2H3/t18-,22-/m0/s1. The van der Waals surface area contributed by atoms with Crippen molar-refractivity contribution in [2.24, 2.45) is 0 Å². The molecule has 7 heteroatoms. The van der Waals surface area contributed by atoms with E-state index in [0.717, 1.165) is 28.1 Å². The highest BCUT2D eigenvalue weighted by molar-refractivity contribution is 5.63. The fourth-order valence-electron chi connectivity index (χ4n) is 3.98. The number of nitro benzene ring substituents is 1.